The molecule has 0 bridgehead atoms. The maximum absolute atomic E-state index is 3.68. The molecule has 84 valence electrons. The summed E-state index contributed by atoms with van der Waals surface area (Å²) in [5.74, 6) is 2.94. The van der Waals surface area contributed by atoms with Gasteiger partial charge in [0.15, 0.2) is 0 Å². The monoisotopic (exact) mass is 260 g/mol. The van der Waals surface area contributed by atoms with Crippen LogP contribution in [0.15, 0.2) is 0 Å². The van der Waals surface area contributed by atoms with Gasteiger partial charge in [0.25, 0.3) is 0 Å². The molecule has 1 fully saturated rings. The molecule has 1 heteroatoms. The number of hydrogen-bond donors (Lipinski definition) is 0. The summed E-state index contributed by atoms with van der Waals surface area (Å²) in [6.45, 7) is 7.10. The Kier molecular flexibility index (Phi) is 5.51. The van der Waals surface area contributed by atoms with Gasteiger partial charge in [-0.15, -0.1) is 0 Å². The smallest absolute Gasteiger partial charge is 0.0120 e. The molecular formula is C13H25Br. The second kappa shape index (κ2) is 6.15. The van der Waals surface area contributed by atoms with Gasteiger partial charge in [0, 0.05) is 4.83 Å². The van der Waals surface area contributed by atoms with Gasteiger partial charge in [-0.25, -0.2) is 0 Å². The summed E-state index contributed by atoms with van der Waals surface area (Å²) < 4.78 is 0. The molecule has 0 aromatic carbocycles. The standard InChI is InChI=1S/C13H25Br/c1-4-12-7-5-6-8-13(12)10(2)9-11(3)14/h10-13H,4-9H2,1-3H3. The molecular weight excluding hydrogens is 236 g/mol. The highest BCUT2D eigenvalue weighted by Crippen LogP contribution is 2.39. The van der Waals surface area contributed by atoms with Crippen LogP contribution in [0.2, 0.25) is 0 Å². The van der Waals surface area contributed by atoms with Gasteiger partial charge in [0.1, 0.15) is 0 Å². The van der Waals surface area contributed by atoms with Crippen molar-refractivity contribution in [3.8, 4) is 0 Å². The first-order valence-corrected chi connectivity index (χ1v) is 7.20. The van der Waals surface area contributed by atoms with Crippen LogP contribution in [0.25, 0.3) is 0 Å². The largest absolute Gasteiger partial charge is 0.0894 e. The second-order valence-corrected chi connectivity index (χ2v) is 6.67. The SMILES string of the molecule is CCC1CCCCC1C(C)CC(C)Br. The van der Waals surface area contributed by atoms with E-state index in [9.17, 15) is 0 Å². The molecule has 0 aromatic heterocycles. The molecule has 0 nitrogen and oxygen atoms in total. The summed E-state index contributed by atoms with van der Waals surface area (Å²) in [6.07, 6.45) is 8.67. The summed E-state index contributed by atoms with van der Waals surface area (Å²) in [4.78, 5) is 0.692. The molecule has 1 aliphatic carbocycles. The lowest BCUT2D eigenvalue weighted by molar-refractivity contribution is 0.160. The highest BCUT2D eigenvalue weighted by atomic mass is 79.9. The molecule has 1 rings (SSSR count). The quantitative estimate of drug-likeness (QED) is 0.624. The topological polar surface area (TPSA) is 0 Å². The van der Waals surface area contributed by atoms with Crippen molar-refractivity contribution in [2.24, 2.45) is 17.8 Å². The first kappa shape index (κ1) is 12.5. The Morgan fingerprint density at radius 1 is 1.21 bits per heavy atom. The van der Waals surface area contributed by atoms with E-state index in [0.717, 1.165) is 17.8 Å². The van der Waals surface area contributed by atoms with Gasteiger partial charge >= 0.3 is 0 Å². The lowest BCUT2D eigenvalue weighted by atomic mass is 9.71. The van der Waals surface area contributed by atoms with Crippen LogP contribution >= 0.6 is 15.9 Å². The molecule has 0 aliphatic heterocycles. The summed E-state index contributed by atoms with van der Waals surface area (Å²) in [5, 5.41) is 0. The van der Waals surface area contributed by atoms with E-state index in [4.69, 9.17) is 0 Å². The van der Waals surface area contributed by atoms with Gasteiger partial charge in [-0.3, -0.25) is 0 Å². The minimum absolute atomic E-state index is 0.692. The molecule has 1 saturated carbocycles. The fourth-order valence-electron chi connectivity index (χ4n) is 3.18. The first-order chi connectivity index (χ1) is 6.65. The Morgan fingerprint density at radius 3 is 2.43 bits per heavy atom. The van der Waals surface area contributed by atoms with E-state index in [1.807, 2.05) is 0 Å². The van der Waals surface area contributed by atoms with Crippen LogP contribution < -0.4 is 0 Å². The molecule has 4 unspecified atom stereocenters. The number of alkyl halides is 1. The van der Waals surface area contributed by atoms with Crippen LogP contribution in [-0.2, 0) is 0 Å². The van der Waals surface area contributed by atoms with Crippen LogP contribution in [0.4, 0.5) is 0 Å². The van der Waals surface area contributed by atoms with Crippen molar-refractivity contribution in [1.29, 1.82) is 0 Å². The zero-order valence-corrected chi connectivity index (χ0v) is 11.5. The molecule has 0 radical (unpaired) electrons. The average Bonchev–Trinajstić information content (AvgIpc) is 2.16. The predicted molar refractivity (Wildman–Crippen MR) is 67.9 cm³/mol. The Hall–Kier alpha value is 0.480. The third-order valence-electron chi connectivity index (χ3n) is 3.92. The number of halogens is 1. The van der Waals surface area contributed by atoms with Crippen molar-refractivity contribution in [3.05, 3.63) is 0 Å². The van der Waals surface area contributed by atoms with E-state index in [2.05, 4.69) is 36.7 Å². The Balaban J connectivity index is 2.45. The van der Waals surface area contributed by atoms with Crippen LogP contribution in [0, 0.1) is 17.8 Å². The lowest BCUT2D eigenvalue weighted by Crippen LogP contribution is -2.26. The summed E-state index contributed by atoms with van der Waals surface area (Å²) >= 11 is 3.68. The second-order valence-electron chi connectivity index (χ2n) is 5.11. The summed E-state index contributed by atoms with van der Waals surface area (Å²) in [6, 6.07) is 0. The summed E-state index contributed by atoms with van der Waals surface area (Å²) in [5.41, 5.74) is 0. The molecule has 0 heterocycles. The van der Waals surface area contributed by atoms with Gasteiger partial charge in [0.05, 0.1) is 0 Å². The van der Waals surface area contributed by atoms with E-state index >= 15 is 0 Å². The highest BCUT2D eigenvalue weighted by molar-refractivity contribution is 9.09. The van der Waals surface area contributed by atoms with Gasteiger partial charge in [-0.1, -0.05) is 62.4 Å². The van der Waals surface area contributed by atoms with Crippen molar-refractivity contribution in [2.45, 2.75) is 64.1 Å². The zero-order chi connectivity index (χ0) is 10.6. The molecule has 0 saturated heterocycles. The van der Waals surface area contributed by atoms with Crippen LogP contribution in [0.3, 0.4) is 0 Å². The van der Waals surface area contributed by atoms with Crippen molar-refractivity contribution >= 4 is 15.9 Å². The van der Waals surface area contributed by atoms with Crippen molar-refractivity contribution in [1.82, 2.24) is 0 Å². The third kappa shape index (κ3) is 3.56. The predicted octanol–water partition coefficient (Wildman–Crippen LogP) is 5.01. The lowest BCUT2D eigenvalue weighted by Gasteiger charge is -2.35. The van der Waals surface area contributed by atoms with E-state index in [0.29, 0.717) is 4.83 Å². The molecule has 4 atom stereocenters. The zero-order valence-electron chi connectivity index (χ0n) is 9.93. The first-order valence-electron chi connectivity index (χ1n) is 6.29. The van der Waals surface area contributed by atoms with E-state index < -0.39 is 0 Å². The van der Waals surface area contributed by atoms with Crippen molar-refractivity contribution < 1.29 is 0 Å². The highest BCUT2D eigenvalue weighted by Gasteiger charge is 2.28. The molecule has 0 N–H and O–H groups in total. The Morgan fingerprint density at radius 2 is 1.86 bits per heavy atom. The molecule has 0 aromatic rings. The van der Waals surface area contributed by atoms with Crippen LogP contribution in [0.5, 0.6) is 0 Å². The van der Waals surface area contributed by atoms with Crippen molar-refractivity contribution in [2.75, 3.05) is 0 Å². The van der Waals surface area contributed by atoms with E-state index in [1.54, 1.807) is 0 Å². The fraction of sp³-hybridized carbons (Fsp3) is 1.00. The Bertz CT molecular complexity index is 153. The minimum atomic E-state index is 0.692. The van der Waals surface area contributed by atoms with E-state index in [-0.39, 0.29) is 0 Å². The molecule has 0 spiro atoms. The normalized spacial score (nSPS) is 32.6. The van der Waals surface area contributed by atoms with E-state index in [1.165, 1.54) is 38.5 Å². The molecule has 14 heavy (non-hydrogen) atoms. The third-order valence-corrected chi connectivity index (χ3v) is 4.29. The number of rotatable bonds is 4. The minimum Gasteiger partial charge on any atom is -0.0894 e. The average molecular weight is 261 g/mol. The maximum atomic E-state index is 3.68. The van der Waals surface area contributed by atoms with Crippen LogP contribution in [0.1, 0.15) is 59.3 Å². The van der Waals surface area contributed by atoms with Gasteiger partial charge in [0.2, 0.25) is 0 Å². The molecule has 0 amide bonds. The maximum Gasteiger partial charge on any atom is 0.0120 e. The van der Waals surface area contributed by atoms with Gasteiger partial charge < -0.3 is 0 Å². The van der Waals surface area contributed by atoms with Crippen molar-refractivity contribution in [3.63, 3.8) is 0 Å². The van der Waals surface area contributed by atoms with Gasteiger partial charge in [-0.2, -0.15) is 0 Å². The number of hydrogen-bond acceptors (Lipinski definition) is 0. The fourth-order valence-corrected chi connectivity index (χ4v) is 3.77. The Labute approximate surface area is 98.0 Å². The van der Waals surface area contributed by atoms with Crippen LogP contribution in [-0.4, -0.2) is 4.83 Å². The molecule has 1 aliphatic rings. The summed E-state index contributed by atoms with van der Waals surface area (Å²) in [7, 11) is 0. The van der Waals surface area contributed by atoms with Gasteiger partial charge in [-0.05, 0) is 30.6 Å².